The first-order valence-electron chi connectivity index (χ1n) is 24.3. The van der Waals surface area contributed by atoms with Gasteiger partial charge in [0, 0.05) is 25.8 Å². The van der Waals surface area contributed by atoms with Crippen LogP contribution in [0, 0.1) is 11.8 Å². The molecule has 9 atom stereocenters. The number of hydrogen-bond donors (Lipinski definition) is 15. The number of phenolic OH excluding ortho intramolecular Hbond substituents is 1. The average Bonchev–Trinajstić information content (AvgIpc) is 3.82. The first kappa shape index (κ1) is 64.2. The van der Waals surface area contributed by atoms with Crippen molar-refractivity contribution in [1.82, 2.24) is 42.1 Å². The summed E-state index contributed by atoms with van der Waals surface area (Å²) in [5, 5.41) is 64.4. The predicted octanol–water partition coefficient (Wildman–Crippen LogP) is -4.70. The van der Waals surface area contributed by atoms with Crippen molar-refractivity contribution in [2.24, 2.45) is 29.0 Å². The zero-order valence-electron chi connectivity index (χ0n) is 42.6. The zero-order chi connectivity index (χ0) is 57.6. The number of aromatic hydroxyl groups is 1. The van der Waals surface area contributed by atoms with Gasteiger partial charge in [-0.2, -0.15) is 0 Å². The van der Waals surface area contributed by atoms with Gasteiger partial charge in [-0.25, -0.2) is 4.79 Å². The van der Waals surface area contributed by atoms with Crippen molar-refractivity contribution < 1.29 is 87.9 Å². The number of primary amides is 2. The van der Waals surface area contributed by atoms with E-state index in [0.29, 0.717) is 5.56 Å². The molecule has 1 aliphatic rings. The second kappa shape index (κ2) is 31.1. The lowest BCUT2D eigenvalue weighted by molar-refractivity contribution is -0.144. The number of aliphatic hydroxyl groups is 1. The Labute approximate surface area is 436 Å². The Balaban J connectivity index is 2.43. The highest BCUT2D eigenvalue weighted by Gasteiger charge is 2.41. The van der Waals surface area contributed by atoms with Crippen LogP contribution in [0.1, 0.15) is 97.5 Å². The van der Waals surface area contributed by atoms with E-state index in [1.807, 2.05) is 5.32 Å². The number of carboxylic acid groups (broad SMARTS) is 3. The summed E-state index contributed by atoms with van der Waals surface area (Å²) >= 11 is 0. The zero-order valence-corrected chi connectivity index (χ0v) is 42.6. The summed E-state index contributed by atoms with van der Waals surface area (Å²) < 4.78 is 0. The summed E-state index contributed by atoms with van der Waals surface area (Å²) in [6.45, 7) is 5.54. The molecule has 1 aromatic rings. The lowest BCUT2D eigenvalue weighted by Gasteiger charge is -2.31. The monoisotopic (exact) mass is 1080 g/mol. The van der Waals surface area contributed by atoms with Gasteiger partial charge in [-0.1, -0.05) is 39.8 Å². The molecule has 1 heterocycles. The molecule has 0 unspecified atom stereocenters. The Morgan fingerprint density at radius 1 is 0.579 bits per heavy atom. The number of likely N-dealkylation sites (tertiary alicyclic amines) is 1. The number of aliphatic carboxylic acids is 3. The van der Waals surface area contributed by atoms with E-state index in [4.69, 9.17) is 22.3 Å². The van der Waals surface area contributed by atoms with Gasteiger partial charge in [0.1, 0.15) is 54.1 Å². The lowest BCUT2D eigenvalue weighted by Crippen LogP contribution is -2.61. The minimum atomic E-state index is -1.89. The van der Waals surface area contributed by atoms with E-state index >= 15 is 0 Å². The maximum absolute atomic E-state index is 14.6. The topological polar surface area (TPSA) is 489 Å². The Bertz CT molecular complexity index is 2280. The number of aliphatic hydroxyl groups excluding tert-OH is 1. The summed E-state index contributed by atoms with van der Waals surface area (Å²) in [6.07, 6.45) is -3.71. The van der Waals surface area contributed by atoms with Crippen LogP contribution in [0.25, 0.3) is 0 Å². The third-order valence-electron chi connectivity index (χ3n) is 11.7. The quantitative estimate of drug-likeness (QED) is 0.0314. The number of hydrogen-bond acceptors (Lipinski definition) is 16. The number of benzene rings is 1. The molecule has 29 nitrogen and oxygen atoms in total. The molecule has 0 aromatic heterocycles. The van der Waals surface area contributed by atoms with Gasteiger partial charge in [0.05, 0.1) is 25.5 Å². The molecule has 1 aromatic carbocycles. The van der Waals surface area contributed by atoms with Crippen LogP contribution in [0.2, 0.25) is 0 Å². The Morgan fingerprint density at radius 3 is 1.53 bits per heavy atom. The molecule has 29 heteroatoms. The van der Waals surface area contributed by atoms with Gasteiger partial charge in [0.25, 0.3) is 0 Å². The van der Waals surface area contributed by atoms with Crippen molar-refractivity contribution in [2.45, 2.75) is 153 Å². The van der Waals surface area contributed by atoms with Crippen LogP contribution in [0.4, 0.5) is 0 Å². The molecule has 0 radical (unpaired) electrons. The number of amides is 10. The summed E-state index contributed by atoms with van der Waals surface area (Å²) in [5.74, 6) is -15.3. The summed E-state index contributed by atoms with van der Waals surface area (Å²) in [6, 6.07) is -8.71. The van der Waals surface area contributed by atoms with Crippen LogP contribution in [0.5, 0.6) is 5.75 Å². The van der Waals surface area contributed by atoms with Gasteiger partial charge in [-0.05, 0) is 68.1 Å². The lowest BCUT2D eigenvalue weighted by atomic mass is 10.00. The van der Waals surface area contributed by atoms with Crippen molar-refractivity contribution in [3.05, 3.63) is 29.8 Å². The number of carbonyl (C=O) groups is 13. The van der Waals surface area contributed by atoms with Gasteiger partial charge in [0.15, 0.2) is 0 Å². The molecule has 422 valence electrons. The van der Waals surface area contributed by atoms with E-state index in [1.54, 1.807) is 27.7 Å². The van der Waals surface area contributed by atoms with Gasteiger partial charge in [-0.15, -0.1) is 0 Å². The van der Waals surface area contributed by atoms with E-state index in [9.17, 15) is 82.8 Å². The second-order valence-electron chi connectivity index (χ2n) is 19.1. The molecule has 1 saturated heterocycles. The highest BCUT2D eigenvalue weighted by molar-refractivity contribution is 5.99. The fourth-order valence-electron chi connectivity index (χ4n) is 7.83. The Morgan fingerprint density at radius 2 is 1.05 bits per heavy atom. The Kier molecular flexibility index (Phi) is 26.2. The highest BCUT2D eigenvalue weighted by Crippen LogP contribution is 2.22. The molecule has 18 N–H and O–H groups in total. The minimum Gasteiger partial charge on any atom is -0.508 e. The second-order valence-corrected chi connectivity index (χ2v) is 19.1. The molecule has 10 amide bonds. The van der Waals surface area contributed by atoms with Gasteiger partial charge in [-0.3, -0.25) is 57.5 Å². The maximum Gasteiger partial charge on any atom is 0.326 e. The van der Waals surface area contributed by atoms with Gasteiger partial charge in [0.2, 0.25) is 59.1 Å². The molecule has 0 spiro atoms. The number of carbonyl (C=O) groups excluding carboxylic acids is 10. The summed E-state index contributed by atoms with van der Waals surface area (Å²) in [4.78, 5) is 169. The molecule has 2 rings (SSSR count). The predicted molar refractivity (Wildman–Crippen MR) is 263 cm³/mol. The first-order valence-corrected chi connectivity index (χ1v) is 24.3. The third kappa shape index (κ3) is 22.3. The highest BCUT2D eigenvalue weighted by atomic mass is 16.4. The number of nitrogens with zero attached hydrogens (tertiary/aromatic N) is 1. The van der Waals surface area contributed by atoms with Crippen LogP contribution in [-0.4, -0.2) is 175 Å². The van der Waals surface area contributed by atoms with Crippen molar-refractivity contribution >= 4 is 77.0 Å². The molecule has 0 saturated carbocycles. The number of phenols is 1. The molecule has 0 bridgehead atoms. The fraction of sp³-hybridized carbons (Fsp3) is 0.596. The third-order valence-corrected chi connectivity index (χ3v) is 11.7. The first-order chi connectivity index (χ1) is 35.5. The molecule has 76 heavy (non-hydrogen) atoms. The van der Waals surface area contributed by atoms with Crippen molar-refractivity contribution in [3.63, 3.8) is 0 Å². The minimum absolute atomic E-state index is 0.0217. The SMILES string of the molecule is CC(C)C[C@H](NC(=O)[C@H](CC(=O)O)NC(=O)[C@@H]1CCCN1C(=O)[C@H](Cc1ccc(O)cc1)NC(=O)[C@H](CC(C)C)NC(=O)[C@H](CC(N)=O)NC(=O)[C@@H](N)CCC(N)=O)C(=O)N[C@@H](CO)C(=O)N[C@@H](CCC(=O)O)C(=O)O. The molecule has 1 aliphatic heterocycles. The van der Waals surface area contributed by atoms with Crippen LogP contribution < -0.4 is 54.4 Å². The number of nitrogens with two attached hydrogens (primary N) is 3. The maximum atomic E-state index is 14.6. The van der Waals surface area contributed by atoms with Gasteiger partial charge < -0.3 is 84.9 Å². The van der Waals surface area contributed by atoms with E-state index in [-0.39, 0.29) is 69.1 Å². The standard InChI is InChI=1S/C47H71N11O18/c1-22(2)16-28(53-42(70)30(19-36(50)62)52-39(67)26(48)11-13-35(49)61)40(68)56-32(18-24-7-9-25(60)10-8-24)46(74)58-15-5-6-34(58)45(73)55-31(20-38(65)66)43(71)54-29(17-23(3)4)41(69)57-33(21-59)44(72)51-27(47(75)76)12-14-37(63)64/h7-10,22-23,26-34,59-60H,5-6,11-21,48H2,1-4H3,(H2,49,61)(H2,50,62)(H,51,72)(H,52,67)(H,53,70)(H,54,71)(H,55,73)(H,56,68)(H,57,69)(H,63,64)(H,65,66)(H,75,76)/t26-,27-,28-,29-,30-,31-,32-,33-,34-/m0/s1. The van der Waals surface area contributed by atoms with E-state index in [1.165, 1.54) is 24.3 Å². The largest absolute Gasteiger partial charge is 0.508 e. The molecular formula is C47H71N11O18. The van der Waals surface area contributed by atoms with Crippen molar-refractivity contribution in [2.75, 3.05) is 13.2 Å². The van der Waals surface area contributed by atoms with E-state index < -0.39 is 164 Å². The summed E-state index contributed by atoms with van der Waals surface area (Å²) in [7, 11) is 0. The van der Waals surface area contributed by atoms with Crippen LogP contribution in [-0.2, 0) is 68.7 Å². The molecular weight excluding hydrogens is 1010 g/mol. The summed E-state index contributed by atoms with van der Waals surface area (Å²) in [5.41, 5.74) is 16.7. The van der Waals surface area contributed by atoms with Crippen LogP contribution >= 0.6 is 0 Å². The average molecular weight is 1080 g/mol. The van der Waals surface area contributed by atoms with Gasteiger partial charge >= 0.3 is 17.9 Å². The van der Waals surface area contributed by atoms with E-state index in [2.05, 4.69) is 31.9 Å². The van der Waals surface area contributed by atoms with Crippen LogP contribution in [0.3, 0.4) is 0 Å². The molecule has 1 fully saturated rings. The smallest absolute Gasteiger partial charge is 0.326 e. The van der Waals surface area contributed by atoms with Crippen molar-refractivity contribution in [3.8, 4) is 5.75 Å². The van der Waals surface area contributed by atoms with Crippen molar-refractivity contribution in [1.29, 1.82) is 0 Å². The van der Waals surface area contributed by atoms with E-state index in [0.717, 1.165) is 4.90 Å². The normalized spacial score (nSPS) is 16.3. The number of carboxylic acids is 3. The molecule has 0 aliphatic carbocycles. The van der Waals surface area contributed by atoms with Crippen LogP contribution in [0.15, 0.2) is 24.3 Å². The number of nitrogens with one attached hydrogen (secondary N) is 7. The Hall–Kier alpha value is -7.95. The number of rotatable bonds is 33. The fourth-order valence-corrected chi connectivity index (χ4v) is 7.83.